The normalized spacial score (nSPS) is 10.8. The van der Waals surface area contributed by atoms with Crippen molar-refractivity contribution >= 4 is 33.3 Å². The molecule has 0 spiro atoms. The van der Waals surface area contributed by atoms with E-state index in [1.165, 1.54) is 0 Å². The molecule has 106 valence electrons. The number of aromatic nitrogens is 2. The van der Waals surface area contributed by atoms with Gasteiger partial charge in [0.15, 0.2) is 5.82 Å². The number of nitrogens with zero attached hydrogens (tertiary/aromatic N) is 1. The van der Waals surface area contributed by atoms with Gasteiger partial charge in [0.1, 0.15) is 0 Å². The van der Waals surface area contributed by atoms with Gasteiger partial charge in [-0.05, 0) is 24.6 Å². The molecule has 3 aromatic rings. The zero-order valence-electron chi connectivity index (χ0n) is 11.3. The van der Waals surface area contributed by atoms with E-state index in [4.69, 9.17) is 17.3 Å². The molecule has 3 N–H and O–H groups in total. The number of nitrogen functional groups attached to an aromatic ring is 1. The van der Waals surface area contributed by atoms with Crippen molar-refractivity contribution in [3.8, 4) is 22.4 Å². The predicted molar refractivity (Wildman–Crippen MR) is 91.3 cm³/mol. The Hall–Kier alpha value is -1.78. The summed E-state index contributed by atoms with van der Waals surface area (Å²) in [5.74, 6) is 0.442. The minimum atomic E-state index is 0.442. The molecule has 0 aliphatic heterocycles. The minimum absolute atomic E-state index is 0.442. The maximum atomic E-state index is 6.31. The SMILES string of the molecule is Cc1c(Br)cccc1-c1[nH]nc(N)c1-c1ccccc1Cl. The second kappa shape index (κ2) is 5.54. The van der Waals surface area contributed by atoms with Crippen LogP contribution in [0.1, 0.15) is 5.56 Å². The summed E-state index contributed by atoms with van der Waals surface area (Å²) in [5.41, 5.74) is 10.8. The Morgan fingerprint density at radius 1 is 1.10 bits per heavy atom. The van der Waals surface area contributed by atoms with Gasteiger partial charge >= 0.3 is 0 Å². The molecule has 5 heteroatoms. The number of benzene rings is 2. The van der Waals surface area contributed by atoms with Crippen LogP contribution in [0.15, 0.2) is 46.9 Å². The van der Waals surface area contributed by atoms with E-state index in [1.807, 2.05) is 49.4 Å². The molecule has 0 bridgehead atoms. The number of aromatic amines is 1. The average Bonchev–Trinajstić information content (AvgIpc) is 2.84. The molecule has 0 aliphatic carbocycles. The summed E-state index contributed by atoms with van der Waals surface area (Å²) in [6.45, 7) is 2.05. The van der Waals surface area contributed by atoms with E-state index in [0.29, 0.717) is 10.8 Å². The Labute approximate surface area is 136 Å². The van der Waals surface area contributed by atoms with Crippen molar-refractivity contribution in [1.29, 1.82) is 0 Å². The van der Waals surface area contributed by atoms with Gasteiger partial charge in [-0.2, -0.15) is 5.10 Å². The van der Waals surface area contributed by atoms with Crippen molar-refractivity contribution in [2.45, 2.75) is 6.92 Å². The Bertz CT molecular complexity index is 811. The highest BCUT2D eigenvalue weighted by molar-refractivity contribution is 9.10. The number of halogens is 2. The van der Waals surface area contributed by atoms with E-state index in [1.54, 1.807) is 0 Å². The molecular formula is C16H13BrClN3. The third-order valence-electron chi connectivity index (χ3n) is 3.47. The third kappa shape index (κ3) is 2.45. The molecule has 1 aromatic heterocycles. The first-order valence-corrected chi connectivity index (χ1v) is 7.61. The second-order valence-electron chi connectivity index (χ2n) is 4.75. The molecule has 3 nitrogen and oxygen atoms in total. The highest BCUT2D eigenvalue weighted by atomic mass is 79.9. The van der Waals surface area contributed by atoms with Crippen LogP contribution in [0.5, 0.6) is 0 Å². The third-order valence-corrected chi connectivity index (χ3v) is 4.66. The number of nitrogens with one attached hydrogen (secondary N) is 1. The minimum Gasteiger partial charge on any atom is -0.382 e. The zero-order valence-corrected chi connectivity index (χ0v) is 13.7. The maximum absolute atomic E-state index is 6.31. The first-order chi connectivity index (χ1) is 10.1. The fourth-order valence-electron chi connectivity index (χ4n) is 2.37. The number of hydrogen-bond acceptors (Lipinski definition) is 2. The number of hydrogen-bond donors (Lipinski definition) is 2. The van der Waals surface area contributed by atoms with Gasteiger partial charge in [0, 0.05) is 20.6 Å². The van der Waals surface area contributed by atoms with Crippen molar-refractivity contribution in [1.82, 2.24) is 10.2 Å². The van der Waals surface area contributed by atoms with E-state index in [0.717, 1.165) is 32.4 Å². The first-order valence-electron chi connectivity index (χ1n) is 6.44. The summed E-state index contributed by atoms with van der Waals surface area (Å²) >= 11 is 9.87. The van der Waals surface area contributed by atoms with Gasteiger partial charge in [0.25, 0.3) is 0 Å². The topological polar surface area (TPSA) is 54.7 Å². The molecule has 3 rings (SSSR count). The lowest BCUT2D eigenvalue weighted by atomic mass is 9.98. The molecular weight excluding hydrogens is 350 g/mol. The molecule has 0 aliphatic rings. The quantitative estimate of drug-likeness (QED) is 0.670. The molecule has 1 heterocycles. The lowest BCUT2D eigenvalue weighted by molar-refractivity contribution is 1.10. The fourth-order valence-corrected chi connectivity index (χ4v) is 2.96. The lowest BCUT2D eigenvalue weighted by Crippen LogP contribution is -1.91. The van der Waals surface area contributed by atoms with Crippen LogP contribution < -0.4 is 5.73 Å². The van der Waals surface area contributed by atoms with E-state index in [9.17, 15) is 0 Å². The summed E-state index contributed by atoms with van der Waals surface area (Å²) in [7, 11) is 0. The standard InChI is InChI=1S/C16H13BrClN3/c1-9-10(6-4-7-12(9)17)15-14(16(19)21-20-15)11-5-2-3-8-13(11)18/h2-8H,1H3,(H3,19,20,21). The van der Waals surface area contributed by atoms with Crippen LogP contribution >= 0.6 is 27.5 Å². The number of rotatable bonds is 2. The number of nitrogens with two attached hydrogens (primary N) is 1. The van der Waals surface area contributed by atoms with Crippen molar-refractivity contribution in [2.75, 3.05) is 5.73 Å². The van der Waals surface area contributed by atoms with Gasteiger partial charge in [-0.3, -0.25) is 5.10 Å². The van der Waals surface area contributed by atoms with E-state index >= 15 is 0 Å². The van der Waals surface area contributed by atoms with Crippen LogP contribution in [-0.4, -0.2) is 10.2 Å². The van der Waals surface area contributed by atoms with Crippen LogP contribution in [-0.2, 0) is 0 Å². The maximum Gasteiger partial charge on any atom is 0.153 e. The fraction of sp³-hybridized carbons (Fsp3) is 0.0625. The Morgan fingerprint density at radius 2 is 1.81 bits per heavy atom. The Kier molecular flexibility index (Phi) is 3.74. The van der Waals surface area contributed by atoms with Crippen molar-refractivity contribution < 1.29 is 0 Å². The van der Waals surface area contributed by atoms with Gasteiger partial charge in [0.2, 0.25) is 0 Å². The molecule has 0 saturated heterocycles. The summed E-state index contributed by atoms with van der Waals surface area (Å²) in [6, 6.07) is 13.7. The van der Waals surface area contributed by atoms with Gasteiger partial charge in [-0.25, -0.2) is 0 Å². The summed E-state index contributed by atoms with van der Waals surface area (Å²) in [4.78, 5) is 0. The molecule has 0 atom stereocenters. The van der Waals surface area contributed by atoms with Crippen LogP contribution in [0, 0.1) is 6.92 Å². The van der Waals surface area contributed by atoms with E-state index < -0.39 is 0 Å². The highest BCUT2D eigenvalue weighted by Crippen LogP contribution is 2.40. The summed E-state index contributed by atoms with van der Waals surface area (Å²) < 4.78 is 1.04. The number of anilines is 1. The molecule has 2 aromatic carbocycles. The highest BCUT2D eigenvalue weighted by Gasteiger charge is 2.18. The smallest absolute Gasteiger partial charge is 0.153 e. The average molecular weight is 363 g/mol. The molecule has 0 unspecified atom stereocenters. The van der Waals surface area contributed by atoms with E-state index in [2.05, 4.69) is 26.1 Å². The van der Waals surface area contributed by atoms with Gasteiger partial charge in [0.05, 0.1) is 11.3 Å². The zero-order chi connectivity index (χ0) is 15.0. The molecule has 0 saturated carbocycles. The van der Waals surface area contributed by atoms with Gasteiger partial charge < -0.3 is 5.73 Å². The first kappa shape index (κ1) is 14.2. The molecule has 0 radical (unpaired) electrons. The molecule has 0 fully saturated rings. The van der Waals surface area contributed by atoms with Crippen molar-refractivity contribution in [2.24, 2.45) is 0 Å². The predicted octanol–water partition coefficient (Wildman–Crippen LogP) is 5.05. The van der Waals surface area contributed by atoms with Gasteiger partial charge in [-0.15, -0.1) is 0 Å². The van der Waals surface area contributed by atoms with Crippen LogP contribution in [0.25, 0.3) is 22.4 Å². The summed E-state index contributed by atoms with van der Waals surface area (Å²) in [6.07, 6.45) is 0. The Morgan fingerprint density at radius 3 is 2.57 bits per heavy atom. The van der Waals surface area contributed by atoms with Crippen molar-refractivity contribution in [3.63, 3.8) is 0 Å². The largest absolute Gasteiger partial charge is 0.382 e. The lowest BCUT2D eigenvalue weighted by Gasteiger charge is -2.10. The van der Waals surface area contributed by atoms with Crippen LogP contribution in [0.4, 0.5) is 5.82 Å². The van der Waals surface area contributed by atoms with Crippen LogP contribution in [0.2, 0.25) is 5.02 Å². The molecule has 21 heavy (non-hydrogen) atoms. The van der Waals surface area contributed by atoms with Gasteiger partial charge in [-0.1, -0.05) is 57.9 Å². The Balaban J connectivity index is 2.28. The number of H-pyrrole nitrogens is 1. The summed E-state index contributed by atoms with van der Waals surface area (Å²) in [5, 5.41) is 7.84. The molecule has 0 amide bonds. The monoisotopic (exact) mass is 361 g/mol. The second-order valence-corrected chi connectivity index (χ2v) is 6.01. The van der Waals surface area contributed by atoms with Crippen molar-refractivity contribution in [3.05, 3.63) is 57.5 Å². The van der Waals surface area contributed by atoms with E-state index in [-0.39, 0.29) is 0 Å². The van der Waals surface area contributed by atoms with Crippen LogP contribution in [0.3, 0.4) is 0 Å².